The molecular weight excluding hydrogens is 388 g/mol. The number of anilines is 1. The lowest BCUT2D eigenvalue weighted by Gasteiger charge is -2.33. The van der Waals surface area contributed by atoms with Gasteiger partial charge in [-0.2, -0.15) is 0 Å². The number of piperidine rings is 1. The van der Waals surface area contributed by atoms with Gasteiger partial charge in [0.25, 0.3) is 0 Å². The van der Waals surface area contributed by atoms with E-state index in [2.05, 4.69) is 58.3 Å². The molecule has 0 unspecified atom stereocenters. The fourth-order valence-electron chi connectivity index (χ4n) is 4.32. The average molecular weight is 423 g/mol. The highest BCUT2D eigenvalue weighted by atomic mass is 16.5. The van der Waals surface area contributed by atoms with E-state index < -0.39 is 0 Å². The van der Waals surface area contributed by atoms with Crippen LogP contribution in [0.15, 0.2) is 24.3 Å². The van der Waals surface area contributed by atoms with Gasteiger partial charge in [0.2, 0.25) is 5.95 Å². The Morgan fingerprint density at radius 2 is 1.84 bits per heavy atom. The van der Waals surface area contributed by atoms with E-state index >= 15 is 0 Å². The molecule has 0 amide bonds. The van der Waals surface area contributed by atoms with Gasteiger partial charge in [-0.15, -0.1) is 0 Å². The molecule has 2 aromatic rings. The first-order valence-corrected chi connectivity index (χ1v) is 11.3. The third-order valence-electron chi connectivity index (χ3n) is 5.78. The number of nitrogens with one attached hydrogen (secondary N) is 1. The highest BCUT2D eigenvalue weighted by Crippen LogP contribution is 2.40. The van der Waals surface area contributed by atoms with Crippen LogP contribution in [0, 0.1) is 13.8 Å². The van der Waals surface area contributed by atoms with Crippen molar-refractivity contribution in [2.75, 3.05) is 25.0 Å². The average Bonchev–Trinajstić information content (AvgIpc) is 2.69. The number of fused-ring (bicyclic) bond motifs is 1. The third-order valence-corrected chi connectivity index (χ3v) is 5.78. The number of likely N-dealkylation sites (tertiary alicyclic amines) is 1. The Hall–Kier alpha value is -2.60. The van der Waals surface area contributed by atoms with Crippen LogP contribution in [0.3, 0.4) is 0 Å². The van der Waals surface area contributed by atoms with E-state index in [1.54, 1.807) is 0 Å². The molecule has 0 atom stereocenters. The van der Waals surface area contributed by atoms with Crippen molar-refractivity contribution >= 4 is 12.0 Å². The highest BCUT2D eigenvalue weighted by molar-refractivity contribution is 5.66. The second-order valence-electron chi connectivity index (χ2n) is 9.15. The molecule has 1 saturated heterocycles. The van der Waals surface area contributed by atoms with Crippen LogP contribution in [0.2, 0.25) is 0 Å². The molecule has 0 saturated carbocycles. The Balaban J connectivity index is 1.40. The Morgan fingerprint density at radius 3 is 2.52 bits per heavy atom. The molecule has 3 heterocycles. The van der Waals surface area contributed by atoms with Gasteiger partial charge in [0.05, 0.1) is 6.61 Å². The highest BCUT2D eigenvalue weighted by Gasteiger charge is 2.26. The Morgan fingerprint density at radius 1 is 1.13 bits per heavy atom. The van der Waals surface area contributed by atoms with E-state index in [4.69, 9.17) is 9.47 Å². The van der Waals surface area contributed by atoms with Crippen molar-refractivity contribution in [2.45, 2.75) is 65.6 Å². The van der Waals surface area contributed by atoms with Crippen molar-refractivity contribution in [3.05, 3.63) is 46.8 Å². The smallest absolute Gasteiger partial charge is 0.223 e. The van der Waals surface area contributed by atoms with E-state index in [-0.39, 0.29) is 5.60 Å². The predicted octanol–water partition coefficient (Wildman–Crippen LogP) is 4.75. The van der Waals surface area contributed by atoms with Crippen LogP contribution in [-0.4, -0.2) is 46.2 Å². The van der Waals surface area contributed by atoms with Gasteiger partial charge in [-0.25, -0.2) is 9.97 Å². The lowest BCUT2D eigenvalue weighted by Crippen LogP contribution is -2.39. The topological polar surface area (TPSA) is 59.5 Å². The van der Waals surface area contributed by atoms with E-state index in [9.17, 15) is 0 Å². The van der Waals surface area contributed by atoms with Gasteiger partial charge in [-0.1, -0.05) is 6.08 Å². The fourth-order valence-corrected chi connectivity index (χ4v) is 4.32. The number of hydrogen-bond donors (Lipinski definition) is 1. The number of rotatable bonds is 6. The molecule has 0 radical (unpaired) electrons. The predicted molar refractivity (Wildman–Crippen MR) is 125 cm³/mol. The molecule has 166 valence electrons. The molecule has 1 aromatic carbocycles. The Bertz CT molecular complexity index is 942. The Labute approximate surface area is 185 Å². The zero-order chi connectivity index (χ0) is 22.0. The maximum Gasteiger partial charge on any atom is 0.223 e. The third kappa shape index (κ3) is 5.37. The first-order valence-electron chi connectivity index (χ1n) is 11.3. The summed E-state index contributed by atoms with van der Waals surface area (Å²) in [5, 5.41) is 3.53. The standard InChI is InChI=1S/C25H34N4O2/c1-6-30-22-15-19(14-20-7-10-25(4,5)31-23(20)22)16-29-11-8-21(9-12-29)28-24-26-17(2)13-18(3)27-24/h7,10,13-15,21H,6,8-9,11-12,16H2,1-5H3,(H,26,27,28). The van der Waals surface area contributed by atoms with Crippen molar-refractivity contribution in [1.29, 1.82) is 0 Å². The molecule has 4 rings (SSSR count). The first-order chi connectivity index (χ1) is 14.8. The maximum absolute atomic E-state index is 6.19. The summed E-state index contributed by atoms with van der Waals surface area (Å²) in [6.07, 6.45) is 6.43. The lowest BCUT2D eigenvalue weighted by molar-refractivity contribution is 0.149. The van der Waals surface area contributed by atoms with Crippen LogP contribution in [0.25, 0.3) is 6.08 Å². The Kier molecular flexibility index (Phi) is 6.19. The monoisotopic (exact) mass is 422 g/mol. The summed E-state index contributed by atoms with van der Waals surface area (Å²) < 4.78 is 12.1. The minimum atomic E-state index is -0.311. The van der Waals surface area contributed by atoms with Crippen LogP contribution in [0.1, 0.15) is 56.1 Å². The molecule has 2 aliphatic rings. The molecule has 0 spiro atoms. The van der Waals surface area contributed by atoms with Crippen LogP contribution < -0.4 is 14.8 Å². The molecule has 1 aromatic heterocycles. The molecule has 31 heavy (non-hydrogen) atoms. The minimum Gasteiger partial charge on any atom is -0.490 e. The first kappa shape index (κ1) is 21.6. The van der Waals surface area contributed by atoms with E-state index in [1.807, 2.05) is 26.8 Å². The van der Waals surface area contributed by atoms with E-state index in [1.165, 1.54) is 5.56 Å². The number of hydrogen-bond acceptors (Lipinski definition) is 6. The lowest BCUT2D eigenvalue weighted by atomic mass is 9.99. The van der Waals surface area contributed by atoms with Crippen LogP contribution >= 0.6 is 0 Å². The summed E-state index contributed by atoms with van der Waals surface area (Å²) >= 11 is 0. The van der Waals surface area contributed by atoms with Gasteiger partial charge in [0, 0.05) is 42.6 Å². The van der Waals surface area contributed by atoms with Crippen LogP contribution in [0.5, 0.6) is 11.5 Å². The van der Waals surface area contributed by atoms with Gasteiger partial charge in [-0.05, 0) is 77.3 Å². The summed E-state index contributed by atoms with van der Waals surface area (Å²) in [6.45, 7) is 13.8. The second-order valence-corrected chi connectivity index (χ2v) is 9.15. The summed E-state index contributed by atoms with van der Waals surface area (Å²) in [7, 11) is 0. The molecule has 6 heteroatoms. The van der Waals surface area contributed by atoms with Crippen LogP contribution in [-0.2, 0) is 6.54 Å². The van der Waals surface area contributed by atoms with Gasteiger partial charge in [-0.3, -0.25) is 4.90 Å². The van der Waals surface area contributed by atoms with Crippen LogP contribution in [0.4, 0.5) is 5.95 Å². The summed E-state index contributed by atoms with van der Waals surface area (Å²) in [4.78, 5) is 11.6. The van der Waals surface area contributed by atoms with Crippen molar-refractivity contribution < 1.29 is 9.47 Å². The fraction of sp³-hybridized carbons (Fsp3) is 0.520. The minimum absolute atomic E-state index is 0.311. The van der Waals surface area contributed by atoms with Crippen molar-refractivity contribution in [3.63, 3.8) is 0 Å². The SMILES string of the molecule is CCOc1cc(CN2CCC(Nc3nc(C)cc(C)n3)CC2)cc2c1OC(C)(C)C=C2. The number of aryl methyl sites for hydroxylation is 2. The molecule has 0 aliphatic carbocycles. The van der Waals surface area contributed by atoms with E-state index in [0.717, 1.165) is 66.9 Å². The molecule has 2 aliphatic heterocycles. The normalized spacial score (nSPS) is 18.4. The number of ether oxygens (including phenoxy) is 2. The van der Waals surface area contributed by atoms with Gasteiger partial charge in [0.1, 0.15) is 5.60 Å². The quantitative estimate of drug-likeness (QED) is 0.725. The molecule has 6 nitrogen and oxygen atoms in total. The number of nitrogens with zero attached hydrogens (tertiary/aromatic N) is 3. The molecular formula is C25H34N4O2. The zero-order valence-corrected chi connectivity index (χ0v) is 19.4. The summed E-state index contributed by atoms with van der Waals surface area (Å²) in [5.41, 5.74) is 4.06. The maximum atomic E-state index is 6.19. The molecule has 1 fully saturated rings. The second kappa shape index (κ2) is 8.87. The number of aromatic nitrogens is 2. The largest absolute Gasteiger partial charge is 0.490 e. The van der Waals surface area contributed by atoms with Gasteiger partial charge in [0.15, 0.2) is 11.5 Å². The summed E-state index contributed by atoms with van der Waals surface area (Å²) in [5.74, 6) is 2.45. The van der Waals surface area contributed by atoms with Gasteiger partial charge < -0.3 is 14.8 Å². The van der Waals surface area contributed by atoms with Crippen molar-refractivity contribution in [3.8, 4) is 11.5 Å². The molecule has 0 bridgehead atoms. The van der Waals surface area contributed by atoms with E-state index in [0.29, 0.717) is 12.6 Å². The number of benzene rings is 1. The van der Waals surface area contributed by atoms with Crippen molar-refractivity contribution in [1.82, 2.24) is 14.9 Å². The molecule has 1 N–H and O–H groups in total. The zero-order valence-electron chi connectivity index (χ0n) is 19.4. The summed E-state index contributed by atoms with van der Waals surface area (Å²) in [6, 6.07) is 6.80. The van der Waals surface area contributed by atoms with Crippen molar-refractivity contribution in [2.24, 2.45) is 0 Å². The van der Waals surface area contributed by atoms with Gasteiger partial charge >= 0.3 is 0 Å².